The molecular formula is C21H25ClN8O3. The lowest BCUT2D eigenvalue weighted by atomic mass is 10.2. The lowest BCUT2D eigenvalue weighted by Gasteiger charge is -2.10. The van der Waals surface area contributed by atoms with E-state index in [1.54, 1.807) is 7.11 Å². The highest BCUT2D eigenvalue weighted by atomic mass is 35.5. The van der Waals surface area contributed by atoms with Gasteiger partial charge in [0.15, 0.2) is 11.2 Å². The molecule has 0 amide bonds. The van der Waals surface area contributed by atoms with Gasteiger partial charge in [-0.2, -0.15) is 9.78 Å². The minimum absolute atomic E-state index is 0.0913. The van der Waals surface area contributed by atoms with E-state index in [4.69, 9.17) is 16.3 Å². The lowest BCUT2D eigenvalue weighted by molar-refractivity contribution is 0.415. The molecule has 11 nitrogen and oxygen atoms in total. The predicted molar refractivity (Wildman–Crippen MR) is 124 cm³/mol. The summed E-state index contributed by atoms with van der Waals surface area (Å²) in [6.07, 6.45) is 2.96. The first kappa shape index (κ1) is 22.7. The van der Waals surface area contributed by atoms with E-state index in [0.717, 1.165) is 24.2 Å². The first-order chi connectivity index (χ1) is 16.0. The summed E-state index contributed by atoms with van der Waals surface area (Å²) in [5, 5.41) is 12.7. The number of unbranched alkanes of at least 4 members (excludes halogenated alkanes) is 2. The molecule has 12 heteroatoms. The van der Waals surface area contributed by atoms with Gasteiger partial charge in [-0.3, -0.25) is 13.9 Å². The number of hydrogen-bond donors (Lipinski definition) is 1. The Hall–Kier alpha value is -3.47. The number of imidazole rings is 1. The van der Waals surface area contributed by atoms with Gasteiger partial charge in [-0.15, -0.1) is 10.2 Å². The van der Waals surface area contributed by atoms with Crippen LogP contribution in [0.4, 0.5) is 0 Å². The Bertz CT molecular complexity index is 1370. The number of nitrogens with zero attached hydrogens (tertiary/aromatic N) is 7. The Morgan fingerprint density at radius 2 is 1.88 bits per heavy atom. The number of rotatable bonds is 10. The maximum Gasteiger partial charge on any atom is 0.332 e. The molecule has 0 radical (unpaired) electrons. The fraction of sp³-hybridized carbons (Fsp3) is 0.429. The SMILES string of the molecule is CCCCn1c(=O)n(CCCCn2nnc(-c3cccc(OC)c3)n2)c(=O)c2[nH]c(Cl)nc21. The summed E-state index contributed by atoms with van der Waals surface area (Å²) in [5.41, 5.74) is 0.573. The second-order valence-corrected chi connectivity index (χ2v) is 7.98. The summed E-state index contributed by atoms with van der Waals surface area (Å²) in [6, 6.07) is 7.44. The Balaban J connectivity index is 1.45. The zero-order chi connectivity index (χ0) is 23.4. The number of fused-ring (bicyclic) bond motifs is 1. The monoisotopic (exact) mass is 472 g/mol. The van der Waals surface area contributed by atoms with Crippen molar-refractivity contribution in [2.45, 2.75) is 52.2 Å². The molecule has 33 heavy (non-hydrogen) atoms. The average Bonchev–Trinajstić information content (AvgIpc) is 3.45. The van der Waals surface area contributed by atoms with Crippen molar-refractivity contribution in [2.24, 2.45) is 0 Å². The molecule has 0 atom stereocenters. The van der Waals surface area contributed by atoms with Gasteiger partial charge in [-0.05, 0) is 48.2 Å². The third kappa shape index (κ3) is 4.82. The van der Waals surface area contributed by atoms with E-state index in [1.807, 2.05) is 31.2 Å². The van der Waals surface area contributed by atoms with Gasteiger partial charge >= 0.3 is 5.69 Å². The largest absolute Gasteiger partial charge is 0.497 e. The summed E-state index contributed by atoms with van der Waals surface area (Å²) >= 11 is 5.96. The minimum Gasteiger partial charge on any atom is -0.497 e. The smallest absolute Gasteiger partial charge is 0.332 e. The molecule has 3 aromatic heterocycles. The van der Waals surface area contributed by atoms with Crippen LogP contribution in [0.5, 0.6) is 5.75 Å². The molecule has 0 unspecified atom stereocenters. The standard InChI is InChI=1S/C21H25ClN8O3/c1-3-4-10-28-18-16(23-20(22)24-18)19(31)29(21(28)32)11-5-6-12-30-26-17(25-27-30)14-8-7-9-15(13-14)33-2/h7-9,13H,3-6,10-12H2,1-2H3,(H,23,24). The van der Waals surface area contributed by atoms with Crippen LogP contribution in [-0.2, 0) is 19.6 Å². The number of methoxy groups -OCH3 is 1. The van der Waals surface area contributed by atoms with E-state index in [9.17, 15) is 9.59 Å². The third-order valence-electron chi connectivity index (χ3n) is 5.34. The van der Waals surface area contributed by atoms with Crippen molar-refractivity contribution in [3.05, 3.63) is 50.4 Å². The van der Waals surface area contributed by atoms with E-state index in [-0.39, 0.29) is 23.0 Å². The first-order valence-electron chi connectivity index (χ1n) is 10.8. The molecule has 1 aromatic carbocycles. The molecule has 4 rings (SSSR count). The van der Waals surface area contributed by atoms with Crippen molar-refractivity contribution in [1.82, 2.24) is 39.3 Å². The Morgan fingerprint density at radius 1 is 1.09 bits per heavy atom. The quantitative estimate of drug-likeness (QED) is 0.277. The van der Waals surface area contributed by atoms with Crippen LogP contribution >= 0.6 is 11.6 Å². The summed E-state index contributed by atoms with van der Waals surface area (Å²) in [5.74, 6) is 1.22. The Morgan fingerprint density at radius 3 is 2.67 bits per heavy atom. The van der Waals surface area contributed by atoms with Crippen LogP contribution in [0.15, 0.2) is 33.9 Å². The zero-order valence-corrected chi connectivity index (χ0v) is 19.2. The average molecular weight is 473 g/mol. The van der Waals surface area contributed by atoms with Crippen LogP contribution in [0.25, 0.3) is 22.6 Å². The lowest BCUT2D eigenvalue weighted by Crippen LogP contribution is -2.40. The van der Waals surface area contributed by atoms with E-state index in [1.165, 1.54) is 13.9 Å². The molecule has 0 fully saturated rings. The number of aromatic nitrogens is 8. The highest BCUT2D eigenvalue weighted by Crippen LogP contribution is 2.19. The molecular weight excluding hydrogens is 448 g/mol. The number of halogens is 1. The van der Waals surface area contributed by atoms with Crippen LogP contribution in [-0.4, -0.2) is 46.4 Å². The maximum absolute atomic E-state index is 13.0. The molecule has 3 heterocycles. The van der Waals surface area contributed by atoms with Gasteiger partial charge in [-0.1, -0.05) is 25.5 Å². The Kier molecular flexibility index (Phi) is 6.87. The van der Waals surface area contributed by atoms with Crippen molar-refractivity contribution in [3.8, 4) is 17.1 Å². The number of ether oxygens (including phenoxy) is 1. The van der Waals surface area contributed by atoms with E-state index in [0.29, 0.717) is 37.4 Å². The zero-order valence-electron chi connectivity index (χ0n) is 18.5. The molecule has 0 spiro atoms. The number of H-pyrrole nitrogens is 1. The number of hydrogen-bond acceptors (Lipinski definition) is 7. The molecule has 0 saturated carbocycles. The van der Waals surface area contributed by atoms with Crippen LogP contribution in [0.3, 0.4) is 0 Å². The summed E-state index contributed by atoms with van der Waals surface area (Å²) in [4.78, 5) is 34.2. The molecule has 0 aliphatic carbocycles. The highest BCUT2D eigenvalue weighted by Gasteiger charge is 2.16. The number of aryl methyl sites for hydroxylation is 2. The van der Waals surface area contributed by atoms with Gasteiger partial charge in [0.2, 0.25) is 11.1 Å². The van der Waals surface area contributed by atoms with E-state index >= 15 is 0 Å². The third-order valence-corrected chi connectivity index (χ3v) is 5.52. The minimum atomic E-state index is -0.415. The topological polar surface area (TPSA) is 126 Å². The van der Waals surface area contributed by atoms with Gasteiger partial charge in [-0.25, -0.2) is 4.79 Å². The second kappa shape index (κ2) is 9.99. The van der Waals surface area contributed by atoms with Gasteiger partial charge in [0, 0.05) is 18.7 Å². The molecule has 0 aliphatic rings. The predicted octanol–water partition coefficient (Wildman–Crippen LogP) is 2.48. The van der Waals surface area contributed by atoms with Crippen molar-refractivity contribution < 1.29 is 4.74 Å². The van der Waals surface area contributed by atoms with Crippen molar-refractivity contribution >= 4 is 22.8 Å². The fourth-order valence-corrected chi connectivity index (χ4v) is 3.77. The molecule has 1 N–H and O–H groups in total. The summed E-state index contributed by atoms with van der Waals surface area (Å²) in [7, 11) is 1.60. The van der Waals surface area contributed by atoms with Crippen molar-refractivity contribution in [2.75, 3.05) is 7.11 Å². The first-order valence-corrected chi connectivity index (χ1v) is 11.2. The molecule has 4 aromatic rings. The number of tetrazole rings is 1. The van der Waals surface area contributed by atoms with Crippen LogP contribution in [0.1, 0.15) is 32.6 Å². The second-order valence-electron chi connectivity index (χ2n) is 7.62. The van der Waals surface area contributed by atoms with Crippen LogP contribution in [0, 0.1) is 0 Å². The normalized spacial score (nSPS) is 11.4. The molecule has 0 saturated heterocycles. The van der Waals surface area contributed by atoms with Gasteiger partial charge < -0.3 is 9.72 Å². The molecule has 0 aliphatic heterocycles. The number of aromatic amines is 1. The maximum atomic E-state index is 13.0. The number of benzene rings is 1. The number of nitrogens with one attached hydrogen (secondary N) is 1. The van der Waals surface area contributed by atoms with Gasteiger partial charge in [0.1, 0.15) is 5.75 Å². The molecule has 174 valence electrons. The van der Waals surface area contributed by atoms with Gasteiger partial charge in [0.25, 0.3) is 5.56 Å². The van der Waals surface area contributed by atoms with Crippen LogP contribution in [0.2, 0.25) is 5.28 Å². The summed E-state index contributed by atoms with van der Waals surface area (Å²) < 4.78 is 7.99. The fourth-order valence-electron chi connectivity index (χ4n) is 3.59. The van der Waals surface area contributed by atoms with Gasteiger partial charge in [0.05, 0.1) is 13.7 Å². The van der Waals surface area contributed by atoms with Crippen molar-refractivity contribution in [1.29, 1.82) is 0 Å². The Labute approximate surface area is 194 Å². The van der Waals surface area contributed by atoms with E-state index < -0.39 is 5.56 Å². The van der Waals surface area contributed by atoms with Crippen LogP contribution < -0.4 is 16.0 Å². The molecule has 0 bridgehead atoms. The highest BCUT2D eigenvalue weighted by molar-refractivity contribution is 6.28. The van der Waals surface area contributed by atoms with Crippen molar-refractivity contribution in [3.63, 3.8) is 0 Å². The summed E-state index contributed by atoms with van der Waals surface area (Å²) in [6.45, 7) is 3.29. The van der Waals surface area contributed by atoms with E-state index in [2.05, 4.69) is 25.4 Å².